The summed E-state index contributed by atoms with van der Waals surface area (Å²) in [6.45, 7) is 4.51. The van der Waals surface area contributed by atoms with Crippen LogP contribution < -0.4 is 20.1 Å². The summed E-state index contributed by atoms with van der Waals surface area (Å²) < 4.78 is 11.9. The summed E-state index contributed by atoms with van der Waals surface area (Å²) in [5, 5.41) is 6.58. The van der Waals surface area contributed by atoms with Crippen LogP contribution >= 0.6 is 24.0 Å². The quantitative estimate of drug-likeness (QED) is 0.284. The van der Waals surface area contributed by atoms with Crippen molar-refractivity contribution in [3.63, 3.8) is 0 Å². The molecule has 8 nitrogen and oxygen atoms in total. The highest BCUT2D eigenvalue weighted by molar-refractivity contribution is 14.0. The van der Waals surface area contributed by atoms with Gasteiger partial charge in [-0.2, -0.15) is 0 Å². The molecule has 2 saturated carbocycles. The second-order valence-corrected chi connectivity index (χ2v) is 8.98. The molecule has 0 aromatic heterocycles. The Hall–Kier alpha value is -1.75. The van der Waals surface area contributed by atoms with Crippen LogP contribution in [0.4, 0.5) is 0 Å². The Kier molecular flexibility index (Phi) is 9.91. The van der Waals surface area contributed by atoms with Crippen molar-refractivity contribution < 1.29 is 14.3 Å². The Bertz CT molecular complexity index is 803. The minimum atomic E-state index is 0. The third-order valence-corrected chi connectivity index (χ3v) is 6.50. The van der Waals surface area contributed by atoms with Crippen LogP contribution in [0.5, 0.6) is 11.5 Å². The molecule has 3 aliphatic rings. The van der Waals surface area contributed by atoms with Crippen molar-refractivity contribution in [2.45, 2.75) is 57.2 Å². The molecule has 4 rings (SSSR count). The topological polar surface area (TPSA) is 78.4 Å². The van der Waals surface area contributed by atoms with Crippen LogP contribution in [0.25, 0.3) is 0 Å². The van der Waals surface area contributed by atoms with Crippen molar-refractivity contribution in [2.75, 3.05) is 46.9 Å². The first-order valence-corrected chi connectivity index (χ1v) is 12.0. The molecule has 1 aliphatic heterocycles. The van der Waals surface area contributed by atoms with Crippen molar-refractivity contribution in [3.05, 3.63) is 23.8 Å². The van der Waals surface area contributed by atoms with Crippen molar-refractivity contribution in [2.24, 2.45) is 4.99 Å². The first-order valence-electron chi connectivity index (χ1n) is 12.0. The molecule has 1 aromatic carbocycles. The summed E-state index contributed by atoms with van der Waals surface area (Å²) in [4.78, 5) is 21.0. The number of guanidine groups is 1. The first-order chi connectivity index (χ1) is 15.7. The number of carbonyl (C=O) groups is 1. The van der Waals surface area contributed by atoms with Crippen molar-refractivity contribution in [3.8, 4) is 11.5 Å². The van der Waals surface area contributed by atoms with Crippen molar-refractivity contribution >= 4 is 35.8 Å². The largest absolute Gasteiger partial charge is 0.493 e. The van der Waals surface area contributed by atoms with Gasteiger partial charge in [0, 0.05) is 51.4 Å². The SMILES string of the molecule is CN=C(NCc1cccc(OC)c1OC1CCCC1)N1CCN(CC(=O)NC2CC2)CC1.I. The van der Waals surface area contributed by atoms with Crippen LogP contribution in [0.3, 0.4) is 0 Å². The number of carbonyl (C=O) groups excluding carboxylic acids is 1. The molecule has 2 N–H and O–H groups in total. The number of hydrogen-bond donors (Lipinski definition) is 2. The summed E-state index contributed by atoms with van der Waals surface area (Å²) in [6.07, 6.45) is 7.20. The smallest absolute Gasteiger partial charge is 0.234 e. The number of para-hydroxylation sites is 1. The van der Waals surface area contributed by atoms with E-state index in [-0.39, 0.29) is 36.0 Å². The van der Waals surface area contributed by atoms with E-state index in [1.54, 1.807) is 7.11 Å². The lowest BCUT2D eigenvalue weighted by Gasteiger charge is -2.36. The van der Waals surface area contributed by atoms with Crippen LogP contribution in [0.1, 0.15) is 44.1 Å². The predicted octanol–water partition coefficient (Wildman–Crippen LogP) is 2.61. The minimum absolute atomic E-state index is 0. The van der Waals surface area contributed by atoms with E-state index in [4.69, 9.17) is 9.47 Å². The van der Waals surface area contributed by atoms with Gasteiger partial charge >= 0.3 is 0 Å². The number of rotatable bonds is 8. The van der Waals surface area contributed by atoms with Crippen molar-refractivity contribution in [1.82, 2.24) is 20.4 Å². The van der Waals surface area contributed by atoms with Crippen LogP contribution in [0, 0.1) is 0 Å². The van der Waals surface area contributed by atoms with Gasteiger partial charge in [-0.15, -0.1) is 24.0 Å². The monoisotopic (exact) mass is 571 g/mol. The number of benzene rings is 1. The van der Waals surface area contributed by atoms with Crippen LogP contribution in [-0.4, -0.2) is 80.7 Å². The number of methoxy groups -OCH3 is 1. The standard InChI is InChI=1S/C24H37N5O3.HI/c1-25-24(29-14-12-28(13-15-29)17-22(30)27-19-10-11-19)26-16-18-6-5-9-21(31-2)23(18)32-20-7-3-4-8-20;/h5-6,9,19-20H,3-4,7-8,10-17H2,1-2H3,(H,25,26)(H,27,30);1H. The van der Waals surface area contributed by atoms with Gasteiger partial charge in [-0.25, -0.2) is 0 Å². The Morgan fingerprint density at radius 3 is 2.48 bits per heavy atom. The van der Waals surface area contributed by atoms with Gasteiger partial charge in [0.15, 0.2) is 17.5 Å². The molecule has 0 radical (unpaired) electrons. The molecule has 33 heavy (non-hydrogen) atoms. The Balaban J connectivity index is 0.00000306. The maximum Gasteiger partial charge on any atom is 0.234 e. The number of hydrogen-bond acceptors (Lipinski definition) is 5. The van der Waals surface area contributed by atoms with Crippen molar-refractivity contribution in [1.29, 1.82) is 0 Å². The molecule has 1 amide bonds. The average Bonchev–Trinajstić information content (AvgIpc) is 3.46. The molecule has 0 atom stereocenters. The Morgan fingerprint density at radius 1 is 1.12 bits per heavy atom. The van der Waals surface area contributed by atoms with Gasteiger partial charge in [0.25, 0.3) is 0 Å². The molecule has 3 fully saturated rings. The van der Waals surface area contributed by atoms with E-state index in [1.165, 1.54) is 12.8 Å². The molecular formula is C24H38IN5O3. The van der Waals surface area contributed by atoms with Crippen LogP contribution in [0.2, 0.25) is 0 Å². The third kappa shape index (κ3) is 7.37. The van der Waals surface area contributed by atoms with E-state index in [9.17, 15) is 4.79 Å². The average molecular weight is 572 g/mol. The fourth-order valence-corrected chi connectivity index (χ4v) is 4.50. The lowest BCUT2D eigenvalue weighted by molar-refractivity contribution is -0.122. The molecule has 1 heterocycles. The van der Waals surface area contributed by atoms with E-state index < -0.39 is 0 Å². The Morgan fingerprint density at radius 2 is 1.85 bits per heavy atom. The molecule has 1 saturated heterocycles. The number of halogens is 1. The number of aliphatic imine (C=N–C) groups is 1. The zero-order chi connectivity index (χ0) is 22.3. The highest BCUT2D eigenvalue weighted by Gasteiger charge is 2.26. The minimum Gasteiger partial charge on any atom is -0.493 e. The molecule has 0 unspecified atom stereocenters. The summed E-state index contributed by atoms with van der Waals surface area (Å²) in [7, 11) is 3.51. The van der Waals surface area contributed by atoms with E-state index in [0.717, 1.165) is 74.9 Å². The number of nitrogens with zero attached hydrogens (tertiary/aromatic N) is 3. The zero-order valence-corrected chi connectivity index (χ0v) is 22.2. The highest BCUT2D eigenvalue weighted by Crippen LogP contribution is 2.34. The summed E-state index contributed by atoms with van der Waals surface area (Å²) in [5.41, 5.74) is 1.08. The maximum absolute atomic E-state index is 12.1. The van der Waals surface area contributed by atoms with E-state index in [1.807, 2.05) is 19.2 Å². The van der Waals surface area contributed by atoms with Crippen LogP contribution in [-0.2, 0) is 11.3 Å². The van der Waals surface area contributed by atoms with Gasteiger partial charge in [0.2, 0.25) is 5.91 Å². The lowest BCUT2D eigenvalue weighted by Crippen LogP contribution is -2.54. The Labute approximate surface area is 214 Å². The number of nitrogens with one attached hydrogen (secondary N) is 2. The predicted molar refractivity (Wildman–Crippen MR) is 141 cm³/mol. The molecule has 1 aromatic rings. The summed E-state index contributed by atoms with van der Waals surface area (Å²) in [6, 6.07) is 6.47. The molecule has 9 heteroatoms. The third-order valence-electron chi connectivity index (χ3n) is 6.50. The second-order valence-electron chi connectivity index (χ2n) is 8.98. The molecule has 2 aliphatic carbocycles. The number of amides is 1. The molecule has 0 spiro atoms. The van der Waals surface area contributed by atoms with Crippen LogP contribution in [0.15, 0.2) is 23.2 Å². The van der Waals surface area contributed by atoms with Gasteiger partial charge in [-0.1, -0.05) is 12.1 Å². The summed E-state index contributed by atoms with van der Waals surface area (Å²) in [5.74, 6) is 2.65. The summed E-state index contributed by atoms with van der Waals surface area (Å²) >= 11 is 0. The first kappa shape index (κ1) is 25.9. The maximum atomic E-state index is 12.1. The van der Waals surface area contributed by atoms with Gasteiger partial charge in [0.05, 0.1) is 19.8 Å². The van der Waals surface area contributed by atoms with Gasteiger partial charge in [-0.05, 0) is 44.6 Å². The van der Waals surface area contributed by atoms with Gasteiger partial charge in [-0.3, -0.25) is 14.7 Å². The van der Waals surface area contributed by atoms with E-state index >= 15 is 0 Å². The normalized spacial score (nSPS) is 19.7. The van der Waals surface area contributed by atoms with Gasteiger partial charge in [0.1, 0.15) is 0 Å². The molecular weight excluding hydrogens is 533 g/mol. The highest BCUT2D eigenvalue weighted by atomic mass is 127. The molecule has 0 bridgehead atoms. The van der Waals surface area contributed by atoms with E-state index in [2.05, 4.69) is 31.5 Å². The number of ether oxygens (including phenoxy) is 2. The number of piperazine rings is 1. The fourth-order valence-electron chi connectivity index (χ4n) is 4.50. The van der Waals surface area contributed by atoms with E-state index in [0.29, 0.717) is 19.1 Å². The molecule has 184 valence electrons. The zero-order valence-electron chi connectivity index (χ0n) is 19.8. The lowest BCUT2D eigenvalue weighted by atomic mass is 10.1. The van der Waals surface area contributed by atoms with Gasteiger partial charge < -0.3 is 25.0 Å². The fraction of sp³-hybridized carbons (Fsp3) is 0.667. The second kappa shape index (κ2) is 12.6.